The van der Waals surface area contributed by atoms with Crippen LogP contribution in [0, 0.1) is 5.82 Å². The van der Waals surface area contributed by atoms with Crippen molar-refractivity contribution in [1.82, 2.24) is 0 Å². The fourth-order valence-electron chi connectivity index (χ4n) is 1.72. The van der Waals surface area contributed by atoms with Crippen LogP contribution >= 0.6 is 31.9 Å². The van der Waals surface area contributed by atoms with E-state index in [1.165, 1.54) is 6.07 Å². The molecule has 0 aromatic heterocycles. The second kappa shape index (κ2) is 6.03. The first kappa shape index (κ1) is 14.5. The molecule has 2 nitrogen and oxygen atoms in total. The highest BCUT2D eigenvalue weighted by Gasteiger charge is 2.15. The Morgan fingerprint density at radius 3 is 2.53 bits per heavy atom. The highest BCUT2D eigenvalue weighted by atomic mass is 79.9. The van der Waals surface area contributed by atoms with Gasteiger partial charge in [0.25, 0.3) is 0 Å². The molecule has 0 spiro atoms. The predicted octanol–water partition coefficient (Wildman–Crippen LogP) is 5.16. The number of nitrogens with two attached hydrogens (primary N) is 1. The monoisotopic (exact) mass is 387 g/mol. The van der Waals surface area contributed by atoms with Gasteiger partial charge in [-0.1, -0.05) is 22.0 Å². The molecule has 0 aliphatic heterocycles. The Kier molecular flexibility index (Phi) is 4.60. The number of hydrogen-bond acceptors (Lipinski definition) is 2. The molecule has 0 radical (unpaired) electrons. The van der Waals surface area contributed by atoms with Gasteiger partial charge < -0.3 is 10.5 Å². The van der Waals surface area contributed by atoms with Crippen molar-refractivity contribution in [1.29, 1.82) is 0 Å². The van der Waals surface area contributed by atoms with Crippen molar-refractivity contribution in [2.75, 3.05) is 0 Å². The van der Waals surface area contributed by atoms with Gasteiger partial charge in [-0.05, 0) is 53.2 Å². The smallest absolute Gasteiger partial charge is 0.141 e. The van der Waals surface area contributed by atoms with Crippen LogP contribution in [-0.4, -0.2) is 0 Å². The largest absolute Gasteiger partial charge is 0.456 e. The van der Waals surface area contributed by atoms with Crippen molar-refractivity contribution < 1.29 is 9.13 Å². The summed E-state index contributed by atoms with van der Waals surface area (Å²) in [7, 11) is 0. The zero-order valence-electron chi connectivity index (χ0n) is 10.2. The van der Waals surface area contributed by atoms with E-state index in [-0.39, 0.29) is 5.82 Å². The van der Waals surface area contributed by atoms with E-state index in [0.29, 0.717) is 17.1 Å². The highest BCUT2D eigenvalue weighted by Crippen LogP contribution is 2.35. The number of halogens is 3. The van der Waals surface area contributed by atoms with Crippen LogP contribution in [0.3, 0.4) is 0 Å². The summed E-state index contributed by atoms with van der Waals surface area (Å²) >= 11 is 6.77. The van der Waals surface area contributed by atoms with Crippen LogP contribution in [0.5, 0.6) is 11.5 Å². The van der Waals surface area contributed by atoms with E-state index in [2.05, 4.69) is 31.9 Å². The summed E-state index contributed by atoms with van der Waals surface area (Å²) in [5, 5.41) is 0. The molecule has 0 fully saturated rings. The Bertz CT molecular complexity index is 602. The van der Waals surface area contributed by atoms with Crippen LogP contribution in [0.25, 0.3) is 0 Å². The lowest BCUT2D eigenvalue weighted by atomic mass is 10.1. The molecule has 0 saturated carbocycles. The van der Waals surface area contributed by atoms with E-state index in [1.807, 2.05) is 12.1 Å². The SMILES string of the molecule is C[C@H](N)c1c(F)cccc1Oc1ccc(Br)cc1Br. The summed E-state index contributed by atoms with van der Waals surface area (Å²) in [5.41, 5.74) is 6.16. The molecule has 2 aromatic carbocycles. The molecule has 5 heteroatoms. The van der Waals surface area contributed by atoms with Crippen LogP contribution in [0.15, 0.2) is 45.3 Å². The quantitative estimate of drug-likeness (QED) is 0.787. The van der Waals surface area contributed by atoms with Crippen molar-refractivity contribution in [2.24, 2.45) is 5.73 Å². The molecular weight excluding hydrogens is 377 g/mol. The molecule has 0 aliphatic carbocycles. The first-order valence-electron chi connectivity index (χ1n) is 5.66. The van der Waals surface area contributed by atoms with Gasteiger partial charge in [-0.3, -0.25) is 0 Å². The van der Waals surface area contributed by atoms with E-state index in [1.54, 1.807) is 25.1 Å². The summed E-state index contributed by atoms with van der Waals surface area (Å²) < 4.78 is 21.2. The molecule has 100 valence electrons. The fraction of sp³-hybridized carbons (Fsp3) is 0.143. The van der Waals surface area contributed by atoms with Gasteiger partial charge in [-0.15, -0.1) is 0 Å². The van der Waals surface area contributed by atoms with Crippen molar-refractivity contribution in [3.63, 3.8) is 0 Å². The molecule has 2 N–H and O–H groups in total. The second-order valence-electron chi connectivity index (χ2n) is 4.12. The van der Waals surface area contributed by atoms with Gasteiger partial charge in [-0.25, -0.2) is 4.39 Å². The summed E-state index contributed by atoms with van der Waals surface area (Å²) in [6.45, 7) is 1.72. The van der Waals surface area contributed by atoms with E-state index in [4.69, 9.17) is 10.5 Å². The molecule has 2 aromatic rings. The Morgan fingerprint density at radius 1 is 1.16 bits per heavy atom. The van der Waals surface area contributed by atoms with E-state index in [9.17, 15) is 4.39 Å². The minimum Gasteiger partial charge on any atom is -0.456 e. The Labute approximate surface area is 128 Å². The van der Waals surface area contributed by atoms with Gasteiger partial charge in [-0.2, -0.15) is 0 Å². The topological polar surface area (TPSA) is 35.2 Å². The zero-order chi connectivity index (χ0) is 14.0. The highest BCUT2D eigenvalue weighted by molar-refractivity contribution is 9.11. The molecule has 2 rings (SSSR count). The fourth-order valence-corrected chi connectivity index (χ4v) is 2.85. The summed E-state index contributed by atoms with van der Waals surface area (Å²) in [5.74, 6) is 0.675. The minimum absolute atomic E-state index is 0.360. The van der Waals surface area contributed by atoms with Crippen LogP contribution in [-0.2, 0) is 0 Å². The van der Waals surface area contributed by atoms with Crippen LogP contribution in [0.1, 0.15) is 18.5 Å². The molecule has 0 amide bonds. The van der Waals surface area contributed by atoms with Crippen LogP contribution in [0.4, 0.5) is 4.39 Å². The average molecular weight is 389 g/mol. The van der Waals surface area contributed by atoms with Crippen molar-refractivity contribution in [2.45, 2.75) is 13.0 Å². The number of rotatable bonds is 3. The second-order valence-corrected chi connectivity index (χ2v) is 5.89. The number of benzene rings is 2. The first-order valence-corrected chi connectivity index (χ1v) is 7.24. The zero-order valence-corrected chi connectivity index (χ0v) is 13.3. The van der Waals surface area contributed by atoms with Crippen LogP contribution in [0.2, 0.25) is 0 Å². The van der Waals surface area contributed by atoms with Crippen molar-refractivity contribution >= 4 is 31.9 Å². The Morgan fingerprint density at radius 2 is 1.89 bits per heavy atom. The average Bonchev–Trinajstić information content (AvgIpc) is 2.32. The maximum absolute atomic E-state index is 13.8. The summed E-state index contributed by atoms with van der Waals surface area (Å²) in [4.78, 5) is 0. The number of ether oxygens (including phenoxy) is 1. The van der Waals surface area contributed by atoms with Crippen LogP contribution < -0.4 is 10.5 Å². The lowest BCUT2D eigenvalue weighted by molar-refractivity contribution is 0.458. The molecule has 0 heterocycles. The molecule has 19 heavy (non-hydrogen) atoms. The first-order chi connectivity index (χ1) is 8.99. The molecule has 0 saturated heterocycles. The van der Waals surface area contributed by atoms with Crippen molar-refractivity contribution in [3.8, 4) is 11.5 Å². The maximum Gasteiger partial charge on any atom is 0.141 e. The van der Waals surface area contributed by atoms with Gasteiger partial charge in [0, 0.05) is 16.1 Å². The minimum atomic E-state index is -0.439. The molecule has 1 atom stereocenters. The maximum atomic E-state index is 13.8. The normalized spacial score (nSPS) is 12.3. The van der Waals surface area contributed by atoms with Gasteiger partial charge >= 0.3 is 0 Å². The third kappa shape index (κ3) is 3.35. The van der Waals surface area contributed by atoms with Gasteiger partial charge in [0.15, 0.2) is 0 Å². The Hall–Kier alpha value is -0.910. The molecular formula is C14H12Br2FNO. The molecule has 0 unspecified atom stereocenters. The van der Waals surface area contributed by atoms with E-state index < -0.39 is 6.04 Å². The van der Waals surface area contributed by atoms with Crippen molar-refractivity contribution in [3.05, 3.63) is 56.7 Å². The lowest BCUT2D eigenvalue weighted by Crippen LogP contribution is -2.09. The molecule has 0 aliphatic rings. The van der Waals surface area contributed by atoms with Gasteiger partial charge in [0.2, 0.25) is 0 Å². The third-order valence-electron chi connectivity index (χ3n) is 2.58. The van der Waals surface area contributed by atoms with E-state index >= 15 is 0 Å². The van der Waals surface area contributed by atoms with Gasteiger partial charge in [0.05, 0.1) is 4.47 Å². The number of hydrogen-bond donors (Lipinski definition) is 1. The standard InChI is InChI=1S/C14H12Br2FNO/c1-8(18)14-11(17)3-2-4-13(14)19-12-6-5-9(15)7-10(12)16/h2-8H,18H2,1H3/t8-/m0/s1. The van der Waals surface area contributed by atoms with E-state index in [0.717, 1.165) is 8.95 Å². The third-order valence-corrected chi connectivity index (χ3v) is 3.70. The lowest BCUT2D eigenvalue weighted by Gasteiger charge is -2.15. The predicted molar refractivity (Wildman–Crippen MR) is 80.9 cm³/mol. The Balaban J connectivity index is 2.41. The summed E-state index contributed by atoms with van der Waals surface area (Å²) in [6.07, 6.45) is 0. The summed E-state index contributed by atoms with van der Waals surface area (Å²) in [6, 6.07) is 9.75. The van der Waals surface area contributed by atoms with Gasteiger partial charge in [0.1, 0.15) is 17.3 Å². The molecule has 0 bridgehead atoms.